The minimum Gasteiger partial charge on any atom is -0.497 e. The first kappa shape index (κ1) is 18.5. The number of amides is 1. The molecular weight excluding hydrogens is 284 g/mol. The Bertz CT molecular complexity index is 429. The molecule has 114 valence electrons. The van der Waals surface area contributed by atoms with Crippen molar-refractivity contribution in [2.24, 2.45) is 5.73 Å². The first-order valence-corrected chi connectivity index (χ1v) is 5.85. The van der Waals surface area contributed by atoms with Crippen LogP contribution in [0.25, 0.3) is 0 Å². The summed E-state index contributed by atoms with van der Waals surface area (Å²) in [5.74, 6) is 1.11. The Balaban J connectivity index is 0.00000361. The lowest BCUT2D eigenvalue weighted by molar-refractivity contribution is -0.123. The number of methoxy groups -OCH3 is 3. The molecule has 0 aliphatic rings. The standard InChI is InChI=1S/C13H20N2O4.ClH/c1-17-8-11(14)13(16)15-7-9-6-10(18-2)4-5-12(9)19-3;/h4-6,11H,7-8,14H2,1-3H3,(H,15,16);1H. The highest BCUT2D eigenvalue weighted by atomic mass is 35.5. The number of hydrogen-bond acceptors (Lipinski definition) is 5. The molecule has 0 saturated heterocycles. The van der Waals surface area contributed by atoms with Gasteiger partial charge in [0.05, 0.1) is 20.8 Å². The van der Waals surface area contributed by atoms with E-state index in [1.807, 2.05) is 0 Å². The van der Waals surface area contributed by atoms with Gasteiger partial charge in [0.2, 0.25) is 5.91 Å². The fourth-order valence-electron chi connectivity index (χ4n) is 1.59. The lowest BCUT2D eigenvalue weighted by atomic mass is 10.2. The van der Waals surface area contributed by atoms with Crippen LogP contribution in [-0.4, -0.2) is 39.9 Å². The average Bonchev–Trinajstić information content (AvgIpc) is 2.44. The maximum atomic E-state index is 11.7. The van der Waals surface area contributed by atoms with Gasteiger partial charge in [0.15, 0.2) is 0 Å². The zero-order chi connectivity index (χ0) is 14.3. The van der Waals surface area contributed by atoms with Gasteiger partial charge < -0.3 is 25.3 Å². The Morgan fingerprint density at radius 1 is 1.30 bits per heavy atom. The highest BCUT2D eigenvalue weighted by Gasteiger charge is 2.13. The topological polar surface area (TPSA) is 82.8 Å². The quantitative estimate of drug-likeness (QED) is 0.775. The van der Waals surface area contributed by atoms with Crippen LogP contribution in [0.5, 0.6) is 11.5 Å². The second kappa shape index (κ2) is 9.41. The maximum Gasteiger partial charge on any atom is 0.239 e. The van der Waals surface area contributed by atoms with E-state index in [2.05, 4.69) is 5.32 Å². The first-order chi connectivity index (χ1) is 9.12. The average molecular weight is 305 g/mol. The van der Waals surface area contributed by atoms with Crippen molar-refractivity contribution >= 4 is 18.3 Å². The smallest absolute Gasteiger partial charge is 0.239 e. The van der Waals surface area contributed by atoms with Crippen LogP contribution in [-0.2, 0) is 16.1 Å². The number of ether oxygens (including phenoxy) is 3. The molecule has 6 nitrogen and oxygen atoms in total. The minimum atomic E-state index is -0.679. The molecule has 0 aliphatic heterocycles. The second-order valence-electron chi connectivity index (χ2n) is 3.96. The van der Waals surface area contributed by atoms with Crippen LogP contribution in [0, 0.1) is 0 Å². The first-order valence-electron chi connectivity index (χ1n) is 5.85. The van der Waals surface area contributed by atoms with E-state index >= 15 is 0 Å². The van der Waals surface area contributed by atoms with E-state index < -0.39 is 6.04 Å². The summed E-state index contributed by atoms with van der Waals surface area (Å²) >= 11 is 0. The molecule has 0 aliphatic carbocycles. The van der Waals surface area contributed by atoms with E-state index in [-0.39, 0.29) is 24.9 Å². The van der Waals surface area contributed by atoms with E-state index in [0.29, 0.717) is 18.0 Å². The molecule has 1 aromatic carbocycles. The number of hydrogen-bond donors (Lipinski definition) is 2. The predicted molar refractivity (Wildman–Crippen MR) is 78.5 cm³/mol. The van der Waals surface area contributed by atoms with E-state index in [9.17, 15) is 4.79 Å². The summed E-state index contributed by atoms with van der Waals surface area (Å²) in [6, 6.07) is 4.71. The van der Waals surface area contributed by atoms with Crippen LogP contribution in [0.2, 0.25) is 0 Å². The van der Waals surface area contributed by atoms with Crippen molar-refractivity contribution in [3.63, 3.8) is 0 Å². The van der Waals surface area contributed by atoms with E-state index in [0.717, 1.165) is 5.56 Å². The molecule has 0 fully saturated rings. The van der Waals surface area contributed by atoms with Crippen molar-refractivity contribution in [3.05, 3.63) is 23.8 Å². The minimum absolute atomic E-state index is 0. The predicted octanol–water partition coefficient (Wildman–Crippen LogP) is 0.716. The molecule has 7 heteroatoms. The van der Waals surface area contributed by atoms with Gasteiger partial charge in [-0.05, 0) is 18.2 Å². The van der Waals surface area contributed by atoms with Gasteiger partial charge in [-0.1, -0.05) is 0 Å². The zero-order valence-corrected chi connectivity index (χ0v) is 12.7. The van der Waals surface area contributed by atoms with Gasteiger partial charge >= 0.3 is 0 Å². The fourth-order valence-corrected chi connectivity index (χ4v) is 1.59. The number of nitrogens with two attached hydrogens (primary N) is 1. The van der Waals surface area contributed by atoms with E-state index in [1.54, 1.807) is 32.4 Å². The van der Waals surface area contributed by atoms with Crippen LogP contribution in [0.1, 0.15) is 5.56 Å². The Hall–Kier alpha value is -1.50. The Labute approximate surface area is 125 Å². The molecule has 0 aromatic heterocycles. The SMILES string of the molecule is COCC(N)C(=O)NCc1cc(OC)ccc1OC.Cl. The molecule has 0 spiro atoms. The van der Waals surface area contributed by atoms with Crippen LogP contribution >= 0.6 is 12.4 Å². The second-order valence-corrected chi connectivity index (χ2v) is 3.96. The van der Waals surface area contributed by atoms with Crippen molar-refractivity contribution < 1.29 is 19.0 Å². The van der Waals surface area contributed by atoms with Crippen molar-refractivity contribution in [3.8, 4) is 11.5 Å². The highest BCUT2D eigenvalue weighted by Crippen LogP contribution is 2.23. The summed E-state index contributed by atoms with van der Waals surface area (Å²) < 4.78 is 15.2. The normalized spacial score (nSPS) is 11.2. The summed E-state index contributed by atoms with van der Waals surface area (Å²) in [6.07, 6.45) is 0. The van der Waals surface area contributed by atoms with Crippen molar-refractivity contribution in [2.75, 3.05) is 27.9 Å². The van der Waals surface area contributed by atoms with Crippen LogP contribution in [0.3, 0.4) is 0 Å². The molecule has 1 rings (SSSR count). The van der Waals surface area contributed by atoms with Gasteiger partial charge in [0.25, 0.3) is 0 Å². The molecule has 20 heavy (non-hydrogen) atoms. The van der Waals surface area contributed by atoms with Crippen LogP contribution in [0.4, 0.5) is 0 Å². The molecule has 0 bridgehead atoms. The third-order valence-electron chi connectivity index (χ3n) is 2.62. The van der Waals surface area contributed by atoms with E-state index in [4.69, 9.17) is 19.9 Å². The highest BCUT2D eigenvalue weighted by molar-refractivity contribution is 5.85. The number of nitrogens with one attached hydrogen (secondary N) is 1. The molecule has 1 aromatic rings. The number of benzene rings is 1. The largest absolute Gasteiger partial charge is 0.497 e. The lowest BCUT2D eigenvalue weighted by Gasteiger charge is -2.14. The van der Waals surface area contributed by atoms with Crippen LogP contribution < -0.4 is 20.5 Å². The van der Waals surface area contributed by atoms with Crippen LogP contribution in [0.15, 0.2) is 18.2 Å². The molecule has 0 heterocycles. The molecule has 1 unspecified atom stereocenters. The Morgan fingerprint density at radius 3 is 2.55 bits per heavy atom. The van der Waals surface area contributed by atoms with Gasteiger partial charge in [-0.25, -0.2) is 0 Å². The summed E-state index contributed by atoms with van der Waals surface area (Å²) in [6.45, 7) is 0.498. The van der Waals surface area contributed by atoms with Crippen molar-refractivity contribution in [1.29, 1.82) is 0 Å². The third kappa shape index (κ3) is 5.24. The molecule has 0 saturated carbocycles. The summed E-state index contributed by atoms with van der Waals surface area (Å²) in [5, 5.41) is 2.73. The summed E-state index contributed by atoms with van der Waals surface area (Å²) in [4.78, 5) is 11.7. The number of carbonyl (C=O) groups excluding carboxylic acids is 1. The van der Waals surface area contributed by atoms with Gasteiger partial charge in [0.1, 0.15) is 17.5 Å². The molecule has 3 N–H and O–H groups in total. The van der Waals surface area contributed by atoms with Crippen molar-refractivity contribution in [1.82, 2.24) is 5.32 Å². The number of rotatable bonds is 7. The van der Waals surface area contributed by atoms with Gasteiger partial charge in [-0.3, -0.25) is 4.79 Å². The Kier molecular flexibility index (Phi) is 8.71. The third-order valence-corrected chi connectivity index (χ3v) is 2.62. The zero-order valence-electron chi connectivity index (χ0n) is 11.8. The molecule has 1 amide bonds. The van der Waals surface area contributed by atoms with Crippen molar-refractivity contribution in [2.45, 2.75) is 12.6 Å². The Morgan fingerprint density at radius 2 is 2.00 bits per heavy atom. The van der Waals surface area contributed by atoms with Gasteiger partial charge in [-0.15, -0.1) is 12.4 Å². The maximum absolute atomic E-state index is 11.7. The fraction of sp³-hybridized carbons (Fsp3) is 0.462. The summed E-state index contributed by atoms with van der Waals surface area (Å²) in [7, 11) is 4.65. The molecular formula is C13H21ClN2O4. The van der Waals surface area contributed by atoms with Gasteiger partial charge in [-0.2, -0.15) is 0 Å². The number of carbonyl (C=O) groups is 1. The summed E-state index contributed by atoms with van der Waals surface area (Å²) in [5.41, 5.74) is 6.44. The lowest BCUT2D eigenvalue weighted by Crippen LogP contribution is -2.43. The van der Waals surface area contributed by atoms with Gasteiger partial charge in [0, 0.05) is 19.2 Å². The molecule has 0 radical (unpaired) electrons. The number of halogens is 1. The van der Waals surface area contributed by atoms with E-state index in [1.165, 1.54) is 7.11 Å². The molecule has 1 atom stereocenters. The monoisotopic (exact) mass is 304 g/mol.